The third kappa shape index (κ3) is 3.70. The van der Waals surface area contributed by atoms with Crippen LogP contribution in [0.2, 0.25) is 0 Å². The molecule has 1 saturated heterocycles. The van der Waals surface area contributed by atoms with Crippen molar-refractivity contribution in [2.24, 2.45) is 0 Å². The van der Waals surface area contributed by atoms with Crippen LogP contribution in [0.15, 0.2) is 66.7 Å². The van der Waals surface area contributed by atoms with Crippen molar-refractivity contribution >= 4 is 35.1 Å². The molecule has 5 rings (SSSR count). The van der Waals surface area contributed by atoms with Crippen LogP contribution in [-0.2, 0) is 16.2 Å². The molecule has 1 N–H and O–H groups in total. The second kappa shape index (κ2) is 8.72. The normalized spacial score (nSPS) is 19.0. The fourth-order valence-electron chi connectivity index (χ4n) is 4.77. The van der Waals surface area contributed by atoms with Gasteiger partial charge in [-0.3, -0.25) is 9.69 Å². The van der Waals surface area contributed by atoms with E-state index >= 15 is 0 Å². The molecule has 3 amide bonds. The minimum absolute atomic E-state index is 0.0714. The van der Waals surface area contributed by atoms with Gasteiger partial charge in [-0.1, -0.05) is 53.6 Å². The first-order valence-corrected chi connectivity index (χ1v) is 12.3. The number of anilines is 2. The summed E-state index contributed by atoms with van der Waals surface area (Å²) in [5, 5.41) is 2.97. The highest BCUT2D eigenvalue weighted by atomic mass is 32.2. The first kappa shape index (κ1) is 22.3. The lowest BCUT2D eigenvalue weighted by atomic mass is 10.0. The van der Waals surface area contributed by atoms with Crippen LogP contribution in [0.3, 0.4) is 0 Å². The van der Waals surface area contributed by atoms with Gasteiger partial charge in [0, 0.05) is 29.6 Å². The van der Waals surface area contributed by atoms with E-state index in [4.69, 9.17) is 4.74 Å². The maximum absolute atomic E-state index is 14.1. The Morgan fingerprint density at radius 1 is 1.06 bits per heavy atom. The molecule has 7 heteroatoms. The lowest BCUT2D eigenvalue weighted by Crippen LogP contribution is -2.51. The van der Waals surface area contributed by atoms with Crippen molar-refractivity contribution < 1.29 is 14.3 Å². The first-order chi connectivity index (χ1) is 16.4. The van der Waals surface area contributed by atoms with E-state index < -0.39 is 4.87 Å². The largest absolute Gasteiger partial charge is 0.497 e. The molecule has 2 heterocycles. The molecule has 6 nitrogen and oxygen atoms in total. The quantitative estimate of drug-likeness (QED) is 0.559. The Labute approximate surface area is 203 Å². The van der Waals surface area contributed by atoms with Crippen molar-refractivity contribution in [3.63, 3.8) is 0 Å². The van der Waals surface area contributed by atoms with Gasteiger partial charge in [0.15, 0.2) is 4.87 Å². The Balaban J connectivity index is 1.52. The maximum Gasteiger partial charge on any atom is 0.323 e. The molecule has 0 radical (unpaired) electrons. The molecule has 2 aliphatic heterocycles. The lowest BCUT2D eigenvalue weighted by Gasteiger charge is -2.33. The molecule has 0 unspecified atom stereocenters. The number of carbonyl (C=O) groups is 2. The number of carbonyl (C=O) groups excluding carboxylic acids is 2. The zero-order valence-corrected chi connectivity index (χ0v) is 20.3. The van der Waals surface area contributed by atoms with Crippen LogP contribution in [0.25, 0.3) is 0 Å². The van der Waals surface area contributed by atoms with Crippen molar-refractivity contribution in [2.45, 2.75) is 25.3 Å². The number of hydrogen-bond donors (Lipinski definition) is 1. The summed E-state index contributed by atoms with van der Waals surface area (Å²) < 4.78 is 5.28. The molecule has 174 valence electrons. The number of thioether (sulfide) groups is 1. The number of ether oxygens (including phenoxy) is 1. The predicted octanol–water partition coefficient (Wildman–Crippen LogP) is 5.29. The number of nitrogens with zero attached hydrogens (tertiary/aromatic N) is 2. The van der Waals surface area contributed by atoms with E-state index in [1.807, 2.05) is 73.3 Å². The van der Waals surface area contributed by atoms with Gasteiger partial charge in [-0.25, -0.2) is 4.79 Å². The molecule has 1 atom stereocenters. The second-order valence-corrected chi connectivity index (χ2v) is 9.99. The van der Waals surface area contributed by atoms with Gasteiger partial charge in [0.1, 0.15) is 5.75 Å². The molecule has 3 aromatic carbocycles. The van der Waals surface area contributed by atoms with Crippen LogP contribution in [0.5, 0.6) is 5.75 Å². The van der Waals surface area contributed by atoms with Crippen molar-refractivity contribution in [1.29, 1.82) is 0 Å². The van der Waals surface area contributed by atoms with Crippen molar-refractivity contribution in [3.05, 3.63) is 89.0 Å². The van der Waals surface area contributed by atoms with Crippen molar-refractivity contribution in [3.8, 4) is 5.75 Å². The summed E-state index contributed by atoms with van der Waals surface area (Å²) in [5.74, 6) is 1.27. The van der Waals surface area contributed by atoms with Crippen molar-refractivity contribution in [2.75, 3.05) is 29.6 Å². The molecule has 1 fully saturated rings. The second-order valence-electron chi connectivity index (χ2n) is 8.71. The molecule has 0 saturated carbocycles. The van der Waals surface area contributed by atoms with Crippen molar-refractivity contribution in [1.82, 2.24) is 4.90 Å². The lowest BCUT2D eigenvalue weighted by molar-refractivity contribution is -0.123. The minimum atomic E-state index is -1.08. The SMILES string of the molecule is COc1cccc(NC(=O)N2CCS[C@@]23C(=O)N(Cc2cccc(C)c2)c2ccc(C)cc23)c1. The third-order valence-electron chi connectivity index (χ3n) is 6.34. The number of fused-ring (bicyclic) bond motifs is 2. The zero-order valence-electron chi connectivity index (χ0n) is 19.5. The number of benzene rings is 3. The summed E-state index contributed by atoms with van der Waals surface area (Å²) in [5.41, 5.74) is 5.65. The molecule has 0 aliphatic carbocycles. The van der Waals surface area contributed by atoms with Gasteiger partial charge < -0.3 is 15.0 Å². The summed E-state index contributed by atoms with van der Waals surface area (Å²) in [4.78, 5) is 30.1. The van der Waals surface area contributed by atoms with Gasteiger partial charge in [-0.15, -0.1) is 11.8 Å². The van der Waals surface area contributed by atoms with Gasteiger partial charge in [-0.2, -0.15) is 0 Å². The van der Waals surface area contributed by atoms with E-state index in [1.165, 1.54) is 11.8 Å². The third-order valence-corrected chi connectivity index (χ3v) is 7.76. The molecule has 2 aliphatic rings. The Kier molecular flexibility index (Phi) is 5.73. The standard InChI is InChI=1S/C27H27N3O3S/c1-18-6-4-7-20(14-18)17-29-24-11-10-19(2)15-23(24)27(25(29)31)30(12-13-34-27)26(32)28-21-8-5-9-22(16-21)33-3/h4-11,14-16H,12-13,17H2,1-3H3,(H,28,32)/t27-/m0/s1. The summed E-state index contributed by atoms with van der Waals surface area (Å²) in [7, 11) is 1.59. The fraction of sp³-hybridized carbons (Fsp3) is 0.259. The number of urea groups is 1. The van der Waals surface area contributed by atoms with Crippen LogP contribution in [0.4, 0.5) is 16.2 Å². The highest BCUT2D eigenvalue weighted by Gasteiger charge is 2.59. The minimum Gasteiger partial charge on any atom is -0.497 e. The van der Waals surface area contributed by atoms with Gasteiger partial charge in [-0.05, 0) is 37.6 Å². The highest BCUT2D eigenvalue weighted by molar-refractivity contribution is 8.01. The monoisotopic (exact) mass is 473 g/mol. The van der Waals surface area contributed by atoms with E-state index in [-0.39, 0.29) is 11.9 Å². The smallest absolute Gasteiger partial charge is 0.323 e. The number of hydrogen-bond acceptors (Lipinski definition) is 4. The molecule has 1 spiro atoms. The molecule has 0 aromatic heterocycles. The number of methoxy groups -OCH3 is 1. The van der Waals surface area contributed by atoms with Crippen LogP contribution < -0.4 is 15.0 Å². The van der Waals surface area contributed by atoms with Gasteiger partial charge in [0.05, 0.1) is 19.3 Å². The molecular formula is C27H27N3O3S. The van der Waals surface area contributed by atoms with Gasteiger partial charge >= 0.3 is 6.03 Å². The van der Waals surface area contributed by atoms with E-state index in [9.17, 15) is 9.59 Å². The first-order valence-electron chi connectivity index (χ1n) is 11.3. The number of rotatable bonds is 4. The number of aryl methyl sites for hydroxylation is 2. The van der Waals surface area contributed by atoms with E-state index in [0.29, 0.717) is 30.3 Å². The summed E-state index contributed by atoms with van der Waals surface area (Å²) in [6, 6.07) is 21.2. The average molecular weight is 474 g/mol. The summed E-state index contributed by atoms with van der Waals surface area (Å²) in [6.45, 7) is 5.01. The topological polar surface area (TPSA) is 61.9 Å². The molecule has 34 heavy (non-hydrogen) atoms. The number of amides is 3. The van der Waals surface area contributed by atoms with E-state index in [2.05, 4.69) is 11.4 Å². The summed E-state index contributed by atoms with van der Waals surface area (Å²) in [6.07, 6.45) is 0. The highest BCUT2D eigenvalue weighted by Crippen LogP contribution is 2.54. The predicted molar refractivity (Wildman–Crippen MR) is 136 cm³/mol. The summed E-state index contributed by atoms with van der Waals surface area (Å²) >= 11 is 1.53. The maximum atomic E-state index is 14.1. The van der Waals surface area contributed by atoms with Gasteiger partial charge in [0.25, 0.3) is 5.91 Å². The Morgan fingerprint density at radius 3 is 2.65 bits per heavy atom. The van der Waals surface area contributed by atoms with Crippen LogP contribution in [0.1, 0.15) is 22.3 Å². The zero-order chi connectivity index (χ0) is 23.9. The van der Waals surface area contributed by atoms with Gasteiger partial charge in [0.2, 0.25) is 0 Å². The van der Waals surface area contributed by atoms with E-state index in [1.54, 1.807) is 18.1 Å². The Bertz CT molecular complexity index is 1280. The Morgan fingerprint density at radius 2 is 1.85 bits per heavy atom. The van der Waals surface area contributed by atoms with Crippen LogP contribution in [-0.4, -0.2) is 36.2 Å². The molecule has 0 bridgehead atoms. The van der Waals surface area contributed by atoms with Crippen LogP contribution >= 0.6 is 11.8 Å². The van der Waals surface area contributed by atoms with E-state index in [0.717, 1.165) is 27.9 Å². The average Bonchev–Trinajstić information content (AvgIpc) is 3.36. The molecule has 3 aromatic rings. The molecular weight excluding hydrogens is 446 g/mol. The number of nitrogens with one attached hydrogen (secondary N) is 1. The fourth-order valence-corrected chi connectivity index (χ4v) is 6.22. The van der Waals surface area contributed by atoms with Crippen LogP contribution in [0, 0.1) is 13.8 Å². The Hall–Kier alpha value is -3.45.